The van der Waals surface area contributed by atoms with Gasteiger partial charge < -0.3 is 15.0 Å². The fourth-order valence-electron chi connectivity index (χ4n) is 4.93. The van der Waals surface area contributed by atoms with Crippen molar-refractivity contribution in [2.45, 2.75) is 44.6 Å². The zero-order valence-corrected chi connectivity index (χ0v) is 17.6. The Labute approximate surface area is 181 Å². The van der Waals surface area contributed by atoms with Gasteiger partial charge in [-0.1, -0.05) is 6.08 Å². The van der Waals surface area contributed by atoms with Crippen LogP contribution in [0.3, 0.4) is 0 Å². The van der Waals surface area contributed by atoms with Crippen molar-refractivity contribution in [1.82, 2.24) is 5.32 Å². The highest BCUT2D eigenvalue weighted by molar-refractivity contribution is 5.90. The van der Waals surface area contributed by atoms with E-state index in [1.54, 1.807) is 12.1 Å². The minimum Gasteiger partial charge on any atom is -0.442 e. The number of ether oxygens (including phenoxy) is 1. The lowest BCUT2D eigenvalue weighted by Crippen LogP contribution is -2.34. The van der Waals surface area contributed by atoms with E-state index >= 15 is 0 Å². The van der Waals surface area contributed by atoms with Crippen LogP contribution in [0.25, 0.3) is 0 Å². The van der Waals surface area contributed by atoms with Gasteiger partial charge in [0.05, 0.1) is 24.5 Å². The second kappa shape index (κ2) is 8.69. The van der Waals surface area contributed by atoms with E-state index in [1.807, 2.05) is 4.90 Å². The van der Waals surface area contributed by atoms with Gasteiger partial charge in [0.1, 0.15) is 17.7 Å². The molecule has 2 saturated heterocycles. The molecule has 3 fully saturated rings. The molecule has 3 aliphatic rings. The van der Waals surface area contributed by atoms with Gasteiger partial charge >= 0.3 is 6.09 Å². The molecule has 2 atom stereocenters. The highest BCUT2D eigenvalue weighted by Gasteiger charge is 2.42. The summed E-state index contributed by atoms with van der Waals surface area (Å²) < 4.78 is 20.3. The Balaban J connectivity index is 1.40. The topological polar surface area (TPSA) is 79.0 Å². The molecule has 2 amide bonds. The molecule has 0 radical (unpaired) electrons. The van der Waals surface area contributed by atoms with Crippen LogP contribution in [-0.4, -0.2) is 50.1 Å². The number of halogens is 1. The van der Waals surface area contributed by atoms with Crippen LogP contribution in [0.15, 0.2) is 30.9 Å². The van der Waals surface area contributed by atoms with E-state index in [-0.39, 0.29) is 30.8 Å². The fraction of sp³-hybridized carbons (Fsp3) is 0.522. The number of carbonyl (C=O) groups excluding carboxylic acids is 3. The van der Waals surface area contributed by atoms with Crippen LogP contribution in [0.1, 0.15) is 38.5 Å². The molecule has 7 nitrogen and oxygen atoms in total. The Kier molecular flexibility index (Phi) is 5.98. The van der Waals surface area contributed by atoms with Crippen molar-refractivity contribution in [1.29, 1.82) is 0 Å². The van der Waals surface area contributed by atoms with E-state index in [2.05, 4.69) is 11.9 Å². The minimum absolute atomic E-state index is 0.0253. The summed E-state index contributed by atoms with van der Waals surface area (Å²) in [6, 6.07) is 4.77. The van der Waals surface area contributed by atoms with Gasteiger partial charge in [-0.3, -0.25) is 14.5 Å². The lowest BCUT2D eigenvalue weighted by atomic mass is 9.73. The fourth-order valence-corrected chi connectivity index (χ4v) is 4.93. The number of hydrogen-bond donors (Lipinski definition) is 1. The summed E-state index contributed by atoms with van der Waals surface area (Å²) in [6.07, 6.45) is 4.73. The predicted molar refractivity (Wildman–Crippen MR) is 115 cm³/mol. The first-order chi connectivity index (χ1) is 14.9. The van der Waals surface area contributed by atoms with Crippen LogP contribution in [0, 0.1) is 11.2 Å². The first-order valence-electron chi connectivity index (χ1n) is 10.8. The number of nitrogens with one attached hydrogen (secondary N) is 1. The monoisotopic (exact) mass is 429 g/mol. The van der Waals surface area contributed by atoms with Crippen LogP contribution in [0.4, 0.5) is 20.6 Å². The molecular formula is C23H28FN3O4. The molecule has 2 aliphatic heterocycles. The Morgan fingerprint density at radius 1 is 1.35 bits per heavy atom. The number of amides is 2. The van der Waals surface area contributed by atoms with Crippen LogP contribution in [-0.2, 0) is 14.3 Å². The van der Waals surface area contributed by atoms with Gasteiger partial charge in [-0.2, -0.15) is 0 Å². The number of benzene rings is 1. The van der Waals surface area contributed by atoms with Gasteiger partial charge in [-0.25, -0.2) is 9.18 Å². The lowest BCUT2D eigenvalue weighted by Gasteiger charge is -2.32. The second-order valence-electron chi connectivity index (χ2n) is 8.79. The van der Waals surface area contributed by atoms with Gasteiger partial charge in [0, 0.05) is 32.4 Å². The summed E-state index contributed by atoms with van der Waals surface area (Å²) in [4.78, 5) is 39.1. The van der Waals surface area contributed by atoms with Crippen molar-refractivity contribution in [2.75, 3.05) is 36.0 Å². The van der Waals surface area contributed by atoms with Crippen molar-refractivity contribution in [2.24, 2.45) is 5.41 Å². The summed E-state index contributed by atoms with van der Waals surface area (Å²) in [6.45, 7) is 5.36. The molecule has 8 heteroatoms. The number of anilines is 2. The molecule has 0 aromatic heterocycles. The summed E-state index contributed by atoms with van der Waals surface area (Å²) in [5.41, 5.74) is 0.898. The highest BCUT2D eigenvalue weighted by Crippen LogP contribution is 2.44. The van der Waals surface area contributed by atoms with E-state index in [4.69, 9.17) is 4.74 Å². The first-order valence-corrected chi connectivity index (χ1v) is 10.8. The van der Waals surface area contributed by atoms with Crippen LogP contribution in [0.2, 0.25) is 0 Å². The maximum Gasteiger partial charge on any atom is 0.414 e. The number of ketones is 1. The van der Waals surface area contributed by atoms with Crippen LogP contribution >= 0.6 is 0 Å². The van der Waals surface area contributed by atoms with Gasteiger partial charge in [0.15, 0.2) is 0 Å². The Morgan fingerprint density at radius 3 is 2.94 bits per heavy atom. The van der Waals surface area contributed by atoms with E-state index in [0.717, 1.165) is 25.8 Å². The molecular weight excluding hydrogens is 401 g/mol. The molecule has 1 aliphatic carbocycles. The third kappa shape index (κ3) is 4.57. The molecule has 1 aromatic rings. The molecule has 1 aromatic carbocycles. The number of Topliss-reactive ketones (excluding diaryl/α,β-unsaturated/α-hetero) is 1. The Morgan fingerprint density at radius 2 is 2.19 bits per heavy atom. The molecule has 0 bridgehead atoms. The molecule has 2 heterocycles. The van der Waals surface area contributed by atoms with E-state index in [1.165, 1.54) is 17.0 Å². The summed E-state index contributed by atoms with van der Waals surface area (Å²) in [5.74, 6) is -0.276. The Hall–Kier alpha value is -2.90. The maximum atomic E-state index is 15.0. The maximum absolute atomic E-state index is 15.0. The standard InChI is InChI=1S/C23H28FN3O4/c1-2-4-21(29)25-13-18-14-27(22(30)31-18)16-6-7-20(19(24)11-16)26-10-9-23(15-26)8-3-5-17(28)12-23/h2,6-7,11,18H,1,3-5,8-10,12-15H2,(H,25,29). The highest BCUT2D eigenvalue weighted by atomic mass is 19.1. The molecule has 1 spiro atoms. The average Bonchev–Trinajstić information content (AvgIpc) is 3.30. The van der Waals surface area contributed by atoms with Crippen molar-refractivity contribution in [3.05, 3.63) is 36.7 Å². The first kappa shape index (κ1) is 21.3. The van der Waals surface area contributed by atoms with Crippen molar-refractivity contribution in [3.8, 4) is 0 Å². The van der Waals surface area contributed by atoms with Gasteiger partial charge in [0.2, 0.25) is 5.91 Å². The van der Waals surface area contributed by atoms with Crippen molar-refractivity contribution < 1.29 is 23.5 Å². The molecule has 166 valence electrons. The van der Waals surface area contributed by atoms with Gasteiger partial charge in [-0.15, -0.1) is 6.58 Å². The third-order valence-corrected chi connectivity index (χ3v) is 6.49. The minimum atomic E-state index is -0.559. The SMILES string of the molecule is C=CCC(=O)NCC1CN(c2ccc(N3CCC4(CCCC(=O)C4)C3)c(F)c2)C(=O)O1. The smallest absolute Gasteiger partial charge is 0.414 e. The van der Waals surface area contributed by atoms with Crippen molar-refractivity contribution in [3.63, 3.8) is 0 Å². The number of rotatable bonds is 6. The van der Waals surface area contributed by atoms with Crippen LogP contribution < -0.4 is 15.1 Å². The number of carbonyl (C=O) groups is 3. The molecule has 31 heavy (non-hydrogen) atoms. The summed E-state index contributed by atoms with van der Waals surface area (Å²) in [5, 5.41) is 2.69. The second-order valence-corrected chi connectivity index (χ2v) is 8.79. The molecule has 2 unspecified atom stereocenters. The zero-order valence-electron chi connectivity index (χ0n) is 17.6. The largest absolute Gasteiger partial charge is 0.442 e. The predicted octanol–water partition coefficient (Wildman–Crippen LogP) is 3.18. The number of nitrogens with zero attached hydrogens (tertiary/aromatic N) is 2. The number of hydrogen-bond acceptors (Lipinski definition) is 5. The average molecular weight is 429 g/mol. The summed E-state index contributed by atoms with van der Waals surface area (Å²) in [7, 11) is 0. The summed E-state index contributed by atoms with van der Waals surface area (Å²) >= 11 is 0. The molecule has 4 rings (SSSR count). The van der Waals surface area contributed by atoms with Gasteiger partial charge in [-0.05, 0) is 42.9 Å². The van der Waals surface area contributed by atoms with Gasteiger partial charge in [0.25, 0.3) is 0 Å². The zero-order chi connectivity index (χ0) is 22.0. The molecule has 1 N–H and O–H groups in total. The number of cyclic esters (lactones) is 1. The van der Waals surface area contributed by atoms with E-state index in [9.17, 15) is 18.8 Å². The van der Waals surface area contributed by atoms with Crippen LogP contribution in [0.5, 0.6) is 0 Å². The Bertz CT molecular complexity index is 905. The van der Waals surface area contributed by atoms with E-state index < -0.39 is 18.0 Å². The van der Waals surface area contributed by atoms with E-state index in [0.29, 0.717) is 36.5 Å². The van der Waals surface area contributed by atoms with Crippen molar-refractivity contribution >= 4 is 29.2 Å². The normalized spacial score (nSPS) is 25.8. The third-order valence-electron chi connectivity index (χ3n) is 6.49. The lowest BCUT2D eigenvalue weighted by molar-refractivity contribution is -0.123. The quantitative estimate of drug-likeness (QED) is 0.703. The molecule has 1 saturated carbocycles.